The maximum Gasteiger partial charge on any atom is 0.273 e. The SMILES string of the molecule is CN1CCCC2(CCN(C(=O)c3cscn3)CC2)C1C(N)=O. The molecule has 2 N–H and O–H groups in total. The molecule has 0 aliphatic carbocycles. The van der Waals surface area contributed by atoms with E-state index in [1.807, 2.05) is 11.9 Å². The summed E-state index contributed by atoms with van der Waals surface area (Å²) in [7, 11) is 1.98. The van der Waals surface area contributed by atoms with Gasteiger partial charge in [-0.1, -0.05) is 0 Å². The first-order valence-corrected chi connectivity index (χ1v) is 8.65. The normalized spacial score (nSPS) is 25.3. The quantitative estimate of drug-likeness (QED) is 0.879. The first-order chi connectivity index (χ1) is 10.5. The number of piperidine rings is 2. The Labute approximate surface area is 134 Å². The number of rotatable bonds is 2. The first-order valence-electron chi connectivity index (χ1n) is 7.70. The zero-order valence-corrected chi connectivity index (χ0v) is 13.6. The van der Waals surface area contributed by atoms with Crippen molar-refractivity contribution in [3.05, 3.63) is 16.6 Å². The van der Waals surface area contributed by atoms with Crippen LogP contribution in [0.25, 0.3) is 0 Å². The van der Waals surface area contributed by atoms with Gasteiger partial charge in [-0.2, -0.15) is 0 Å². The predicted octanol–water partition coefficient (Wildman–Crippen LogP) is 0.945. The maximum atomic E-state index is 12.4. The summed E-state index contributed by atoms with van der Waals surface area (Å²) >= 11 is 1.43. The average molecular weight is 322 g/mol. The highest BCUT2D eigenvalue weighted by atomic mass is 32.1. The van der Waals surface area contributed by atoms with Crippen LogP contribution >= 0.6 is 11.3 Å². The molecule has 2 amide bonds. The number of likely N-dealkylation sites (tertiary alicyclic amines) is 2. The van der Waals surface area contributed by atoms with E-state index in [1.165, 1.54) is 11.3 Å². The van der Waals surface area contributed by atoms with Gasteiger partial charge in [-0.3, -0.25) is 14.5 Å². The van der Waals surface area contributed by atoms with Crippen LogP contribution in [0, 0.1) is 5.41 Å². The van der Waals surface area contributed by atoms with Crippen LogP contribution in [-0.4, -0.2) is 59.3 Å². The number of hydrogen-bond donors (Lipinski definition) is 1. The zero-order chi connectivity index (χ0) is 15.7. The molecule has 1 atom stereocenters. The van der Waals surface area contributed by atoms with Crippen LogP contribution in [0.2, 0.25) is 0 Å². The fourth-order valence-electron chi connectivity index (χ4n) is 4.09. The molecule has 3 heterocycles. The predicted molar refractivity (Wildman–Crippen MR) is 84.5 cm³/mol. The molecule has 1 aromatic rings. The summed E-state index contributed by atoms with van der Waals surface area (Å²) in [6.07, 6.45) is 3.77. The van der Waals surface area contributed by atoms with Gasteiger partial charge in [0.15, 0.2) is 0 Å². The Kier molecular flexibility index (Phi) is 4.18. The summed E-state index contributed by atoms with van der Waals surface area (Å²) in [5.74, 6) is -0.239. The second-order valence-corrected chi connectivity index (χ2v) is 7.14. The van der Waals surface area contributed by atoms with Crippen molar-refractivity contribution in [2.75, 3.05) is 26.7 Å². The Hall–Kier alpha value is -1.47. The van der Waals surface area contributed by atoms with Gasteiger partial charge in [-0.05, 0) is 44.7 Å². The number of primary amides is 1. The summed E-state index contributed by atoms with van der Waals surface area (Å²) in [5, 5.41) is 1.79. The van der Waals surface area contributed by atoms with Gasteiger partial charge in [0.25, 0.3) is 5.91 Å². The zero-order valence-electron chi connectivity index (χ0n) is 12.8. The summed E-state index contributed by atoms with van der Waals surface area (Å²) in [6, 6.07) is -0.210. The number of carbonyl (C=O) groups excluding carboxylic acids is 2. The highest BCUT2D eigenvalue weighted by molar-refractivity contribution is 7.07. The van der Waals surface area contributed by atoms with Crippen molar-refractivity contribution >= 4 is 23.2 Å². The molecule has 0 aromatic carbocycles. The standard InChI is InChI=1S/C15H22N4O2S/c1-18-6-2-3-15(12(18)13(16)20)4-7-19(8-5-15)14(21)11-9-22-10-17-11/h9-10,12H,2-8H2,1H3,(H2,16,20). The Morgan fingerprint density at radius 1 is 1.32 bits per heavy atom. The van der Waals surface area contributed by atoms with E-state index in [-0.39, 0.29) is 23.3 Å². The molecule has 0 saturated carbocycles. The molecular formula is C15H22N4O2S. The van der Waals surface area contributed by atoms with Gasteiger partial charge < -0.3 is 10.6 Å². The summed E-state index contributed by atoms with van der Waals surface area (Å²) in [6.45, 7) is 2.26. The van der Waals surface area contributed by atoms with Crippen molar-refractivity contribution in [3.8, 4) is 0 Å². The molecule has 3 rings (SSSR count). The molecule has 0 bridgehead atoms. The van der Waals surface area contributed by atoms with Crippen LogP contribution in [0.3, 0.4) is 0 Å². The second-order valence-electron chi connectivity index (χ2n) is 6.42. The van der Waals surface area contributed by atoms with Crippen LogP contribution < -0.4 is 5.73 Å². The lowest BCUT2D eigenvalue weighted by molar-refractivity contribution is -0.132. The largest absolute Gasteiger partial charge is 0.368 e. The van der Waals surface area contributed by atoms with Gasteiger partial charge in [-0.25, -0.2) is 4.98 Å². The average Bonchev–Trinajstić information content (AvgIpc) is 3.01. The van der Waals surface area contributed by atoms with Gasteiger partial charge in [-0.15, -0.1) is 11.3 Å². The second kappa shape index (κ2) is 5.96. The van der Waals surface area contributed by atoms with Crippen molar-refractivity contribution in [3.63, 3.8) is 0 Å². The lowest BCUT2D eigenvalue weighted by Gasteiger charge is -2.51. The third kappa shape index (κ3) is 2.63. The number of nitrogens with two attached hydrogens (primary N) is 1. The Morgan fingerprint density at radius 2 is 2.05 bits per heavy atom. The molecule has 22 heavy (non-hydrogen) atoms. The van der Waals surface area contributed by atoms with Gasteiger partial charge >= 0.3 is 0 Å². The van der Waals surface area contributed by atoms with Gasteiger partial charge in [0.05, 0.1) is 11.6 Å². The summed E-state index contributed by atoms with van der Waals surface area (Å²) in [5.41, 5.74) is 7.79. The van der Waals surface area contributed by atoms with Crippen LogP contribution in [0.5, 0.6) is 0 Å². The minimum Gasteiger partial charge on any atom is -0.368 e. The van der Waals surface area contributed by atoms with Gasteiger partial charge in [0, 0.05) is 18.5 Å². The minimum atomic E-state index is -0.235. The molecule has 2 fully saturated rings. The third-order valence-electron chi connectivity index (χ3n) is 5.17. The van der Waals surface area contributed by atoms with Crippen LogP contribution in [0.15, 0.2) is 10.9 Å². The lowest BCUT2D eigenvalue weighted by Crippen LogP contribution is -2.60. The number of thiazole rings is 1. The van der Waals surface area contributed by atoms with E-state index in [0.29, 0.717) is 18.8 Å². The van der Waals surface area contributed by atoms with Crippen molar-refractivity contribution < 1.29 is 9.59 Å². The molecule has 7 heteroatoms. The van der Waals surface area contributed by atoms with E-state index in [9.17, 15) is 9.59 Å². The highest BCUT2D eigenvalue weighted by Gasteiger charge is 2.48. The lowest BCUT2D eigenvalue weighted by atomic mass is 9.66. The molecular weight excluding hydrogens is 300 g/mol. The molecule has 1 unspecified atom stereocenters. The van der Waals surface area contributed by atoms with Crippen molar-refractivity contribution in [2.45, 2.75) is 31.7 Å². The van der Waals surface area contributed by atoms with Crippen molar-refractivity contribution in [2.24, 2.45) is 11.1 Å². The Morgan fingerprint density at radius 3 is 2.64 bits per heavy atom. The molecule has 1 aromatic heterocycles. The van der Waals surface area contributed by atoms with Gasteiger partial charge in [0.2, 0.25) is 5.91 Å². The van der Waals surface area contributed by atoms with Crippen molar-refractivity contribution in [1.29, 1.82) is 0 Å². The molecule has 2 aliphatic heterocycles. The van der Waals surface area contributed by atoms with Crippen LogP contribution in [0.1, 0.15) is 36.2 Å². The molecule has 120 valence electrons. The molecule has 6 nitrogen and oxygen atoms in total. The molecule has 2 aliphatic rings. The van der Waals surface area contributed by atoms with E-state index >= 15 is 0 Å². The number of carbonyl (C=O) groups is 2. The van der Waals surface area contributed by atoms with E-state index in [4.69, 9.17) is 5.73 Å². The fourth-order valence-corrected chi connectivity index (χ4v) is 4.62. The monoisotopic (exact) mass is 322 g/mol. The smallest absolute Gasteiger partial charge is 0.273 e. The third-order valence-corrected chi connectivity index (χ3v) is 5.76. The fraction of sp³-hybridized carbons (Fsp3) is 0.667. The van der Waals surface area contributed by atoms with E-state index < -0.39 is 0 Å². The van der Waals surface area contributed by atoms with E-state index in [0.717, 1.165) is 32.2 Å². The number of amides is 2. The van der Waals surface area contributed by atoms with Crippen LogP contribution in [-0.2, 0) is 4.79 Å². The Bertz CT molecular complexity index is 552. The maximum absolute atomic E-state index is 12.4. The minimum absolute atomic E-state index is 0.00381. The molecule has 1 spiro atoms. The topological polar surface area (TPSA) is 79.5 Å². The van der Waals surface area contributed by atoms with Gasteiger partial charge in [0.1, 0.15) is 5.69 Å². The summed E-state index contributed by atoms with van der Waals surface area (Å²) < 4.78 is 0. The number of likely N-dealkylation sites (N-methyl/N-ethyl adjacent to an activating group) is 1. The van der Waals surface area contributed by atoms with Crippen molar-refractivity contribution in [1.82, 2.24) is 14.8 Å². The Balaban J connectivity index is 1.72. The molecule has 2 saturated heterocycles. The number of aromatic nitrogens is 1. The number of hydrogen-bond acceptors (Lipinski definition) is 5. The van der Waals surface area contributed by atoms with Crippen LogP contribution in [0.4, 0.5) is 0 Å². The van der Waals surface area contributed by atoms with E-state index in [2.05, 4.69) is 9.88 Å². The summed E-state index contributed by atoms with van der Waals surface area (Å²) in [4.78, 5) is 32.3. The highest BCUT2D eigenvalue weighted by Crippen LogP contribution is 2.44. The number of nitrogens with zero attached hydrogens (tertiary/aromatic N) is 3. The van der Waals surface area contributed by atoms with E-state index in [1.54, 1.807) is 10.9 Å². The molecule has 0 radical (unpaired) electrons. The first kappa shape index (κ1) is 15.4.